The number of aromatic nitrogens is 3. The van der Waals surface area contributed by atoms with Crippen LogP contribution in [0, 0.1) is 10.7 Å². The van der Waals surface area contributed by atoms with Gasteiger partial charge in [0.05, 0.1) is 13.8 Å². The van der Waals surface area contributed by atoms with E-state index in [-0.39, 0.29) is 0 Å². The van der Waals surface area contributed by atoms with E-state index in [1.807, 2.05) is 28.9 Å². The first-order valence-electron chi connectivity index (χ1n) is 10.2. The smallest absolute Gasteiger partial charge is 0.199 e. The van der Waals surface area contributed by atoms with Gasteiger partial charge in [-0.2, -0.15) is 5.10 Å². The van der Waals surface area contributed by atoms with Gasteiger partial charge in [-0.3, -0.25) is 9.47 Å². The molecule has 2 heterocycles. The van der Waals surface area contributed by atoms with E-state index in [1.54, 1.807) is 7.11 Å². The van der Waals surface area contributed by atoms with Gasteiger partial charge in [-0.15, -0.1) is 0 Å². The third kappa shape index (κ3) is 4.28. The van der Waals surface area contributed by atoms with E-state index < -0.39 is 0 Å². The summed E-state index contributed by atoms with van der Waals surface area (Å²) in [5.41, 5.74) is 3.92. The summed E-state index contributed by atoms with van der Waals surface area (Å²) in [6.45, 7) is 7.93. The van der Waals surface area contributed by atoms with Gasteiger partial charge in [-0.05, 0) is 59.9 Å². The molecule has 0 saturated carbocycles. The molecule has 29 heavy (non-hydrogen) atoms. The summed E-state index contributed by atoms with van der Waals surface area (Å²) < 4.78 is 10.2. The van der Waals surface area contributed by atoms with Gasteiger partial charge in [0.25, 0.3) is 0 Å². The molecule has 6 heteroatoms. The van der Waals surface area contributed by atoms with E-state index in [0.29, 0.717) is 12.6 Å². The fourth-order valence-electron chi connectivity index (χ4n) is 3.88. The maximum Gasteiger partial charge on any atom is 0.199 e. The molecule has 2 aromatic carbocycles. The fourth-order valence-corrected chi connectivity index (χ4v) is 4.14. The number of hydrogen-bond acceptors (Lipinski definition) is 4. The number of fused-ring (bicyclic) bond motifs is 1. The Balaban J connectivity index is 1.64. The molecule has 1 aliphatic heterocycles. The average molecular weight is 409 g/mol. The number of hydrogen-bond donors (Lipinski definition) is 0. The average Bonchev–Trinajstić information content (AvgIpc) is 3.03. The molecule has 152 valence electrons. The van der Waals surface area contributed by atoms with E-state index >= 15 is 0 Å². The van der Waals surface area contributed by atoms with Crippen molar-refractivity contribution in [3.8, 4) is 17.1 Å². The van der Waals surface area contributed by atoms with Crippen molar-refractivity contribution in [1.29, 1.82) is 0 Å². The first kappa shape index (κ1) is 19.9. The van der Waals surface area contributed by atoms with Crippen molar-refractivity contribution in [2.75, 3.05) is 13.7 Å². The van der Waals surface area contributed by atoms with Crippen molar-refractivity contribution in [3.63, 3.8) is 0 Å². The molecule has 1 aliphatic rings. The van der Waals surface area contributed by atoms with E-state index in [9.17, 15) is 0 Å². The first-order chi connectivity index (χ1) is 14.0. The minimum atomic E-state index is 0.484. The zero-order valence-corrected chi connectivity index (χ0v) is 18.2. The molecule has 0 amide bonds. The first-order valence-corrected chi connectivity index (χ1v) is 10.6. The minimum absolute atomic E-state index is 0.484. The number of rotatable bonds is 6. The Kier molecular flexibility index (Phi) is 5.83. The molecule has 5 nitrogen and oxygen atoms in total. The van der Waals surface area contributed by atoms with Crippen LogP contribution in [0.25, 0.3) is 11.4 Å². The molecule has 1 aromatic heterocycles. The zero-order chi connectivity index (χ0) is 20.4. The molecule has 0 aliphatic carbocycles. The monoisotopic (exact) mass is 408 g/mol. The summed E-state index contributed by atoms with van der Waals surface area (Å²) in [6, 6.07) is 16.7. The third-order valence-electron chi connectivity index (χ3n) is 5.36. The summed E-state index contributed by atoms with van der Waals surface area (Å²) in [5.74, 6) is 2.25. The molecule has 0 fully saturated rings. The Morgan fingerprint density at radius 1 is 1.07 bits per heavy atom. The highest BCUT2D eigenvalue weighted by Crippen LogP contribution is 2.24. The highest BCUT2D eigenvalue weighted by atomic mass is 32.1. The molecule has 3 aromatic rings. The molecule has 4 rings (SSSR count). The lowest BCUT2D eigenvalue weighted by Gasteiger charge is -2.28. The summed E-state index contributed by atoms with van der Waals surface area (Å²) in [6.07, 6.45) is 1.07. The van der Waals surface area contributed by atoms with Crippen LogP contribution in [0.2, 0.25) is 0 Å². The van der Waals surface area contributed by atoms with Crippen LogP contribution in [0.15, 0.2) is 48.5 Å². The van der Waals surface area contributed by atoms with Crippen LogP contribution < -0.4 is 4.74 Å². The SMILES string of the molecule is COc1ccc(-c2nn(CN3CCc4ccccc4C3)c(=S)n2CC(C)C)cc1. The topological polar surface area (TPSA) is 35.2 Å². The number of ether oxygens (including phenoxy) is 1. The van der Waals surface area contributed by atoms with Crippen molar-refractivity contribution >= 4 is 12.2 Å². The summed E-state index contributed by atoms with van der Waals surface area (Å²) in [4.78, 5) is 2.42. The Morgan fingerprint density at radius 2 is 1.79 bits per heavy atom. The Hall–Kier alpha value is -2.44. The normalized spacial score (nSPS) is 14.2. The molecular weight excluding hydrogens is 380 g/mol. The van der Waals surface area contributed by atoms with Gasteiger partial charge in [-0.1, -0.05) is 38.1 Å². The van der Waals surface area contributed by atoms with Crippen molar-refractivity contribution in [2.24, 2.45) is 5.92 Å². The largest absolute Gasteiger partial charge is 0.497 e. The predicted molar refractivity (Wildman–Crippen MR) is 118 cm³/mol. The van der Waals surface area contributed by atoms with E-state index in [1.165, 1.54) is 11.1 Å². The van der Waals surface area contributed by atoms with Gasteiger partial charge in [-0.25, -0.2) is 4.68 Å². The van der Waals surface area contributed by atoms with Gasteiger partial charge in [0.2, 0.25) is 0 Å². The van der Waals surface area contributed by atoms with Crippen molar-refractivity contribution < 1.29 is 4.74 Å². The third-order valence-corrected chi connectivity index (χ3v) is 5.79. The van der Waals surface area contributed by atoms with Crippen LogP contribution in [0.5, 0.6) is 5.75 Å². The van der Waals surface area contributed by atoms with Crippen molar-refractivity contribution in [3.05, 3.63) is 64.4 Å². The maximum atomic E-state index is 5.84. The summed E-state index contributed by atoms with van der Waals surface area (Å²) >= 11 is 5.84. The molecule has 0 unspecified atom stereocenters. The maximum absolute atomic E-state index is 5.84. The van der Waals surface area contributed by atoms with Crippen LogP contribution in [0.4, 0.5) is 0 Å². The van der Waals surface area contributed by atoms with E-state index in [2.05, 4.69) is 47.6 Å². The summed E-state index contributed by atoms with van der Waals surface area (Å²) in [5, 5.41) is 4.93. The van der Waals surface area contributed by atoms with Gasteiger partial charge < -0.3 is 4.74 Å². The second kappa shape index (κ2) is 8.51. The van der Waals surface area contributed by atoms with Crippen LogP contribution >= 0.6 is 12.2 Å². The molecule has 0 atom stereocenters. The molecule has 0 saturated heterocycles. The van der Waals surface area contributed by atoms with Gasteiger partial charge >= 0.3 is 0 Å². The standard InChI is InChI=1S/C23H28N4OS/c1-17(2)14-26-22(19-8-10-21(28-3)11-9-19)24-27(23(26)29)16-25-13-12-18-6-4-5-7-20(18)15-25/h4-11,17H,12-16H2,1-3H3. The Bertz CT molecular complexity index is 1040. The molecule has 0 radical (unpaired) electrons. The number of benzene rings is 2. The lowest BCUT2D eigenvalue weighted by atomic mass is 10.0. The number of methoxy groups -OCH3 is 1. The van der Waals surface area contributed by atoms with Gasteiger partial charge in [0, 0.05) is 25.2 Å². The molecule has 0 N–H and O–H groups in total. The van der Waals surface area contributed by atoms with Crippen molar-refractivity contribution in [1.82, 2.24) is 19.2 Å². The predicted octanol–water partition coefficient (Wildman–Crippen LogP) is 4.76. The lowest BCUT2D eigenvalue weighted by Crippen LogP contribution is -2.32. The van der Waals surface area contributed by atoms with Crippen LogP contribution in [0.1, 0.15) is 25.0 Å². The summed E-state index contributed by atoms with van der Waals surface area (Å²) in [7, 11) is 1.68. The molecular formula is C23H28N4OS. The zero-order valence-electron chi connectivity index (χ0n) is 17.3. The van der Waals surface area contributed by atoms with Gasteiger partial charge in [0.15, 0.2) is 10.6 Å². The highest BCUT2D eigenvalue weighted by molar-refractivity contribution is 7.71. The quantitative estimate of drug-likeness (QED) is 0.551. The van der Waals surface area contributed by atoms with Gasteiger partial charge in [0.1, 0.15) is 5.75 Å². The van der Waals surface area contributed by atoms with Crippen LogP contribution in [-0.2, 0) is 26.2 Å². The second-order valence-corrected chi connectivity index (χ2v) is 8.42. The van der Waals surface area contributed by atoms with Crippen molar-refractivity contribution in [2.45, 2.75) is 40.0 Å². The second-order valence-electron chi connectivity index (χ2n) is 8.05. The molecule has 0 bridgehead atoms. The molecule has 0 spiro atoms. The Morgan fingerprint density at radius 3 is 2.48 bits per heavy atom. The van der Waals surface area contributed by atoms with Crippen LogP contribution in [-0.4, -0.2) is 32.9 Å². The van der Waals surface area contributed by atoms with E-state index in [4.69, 9.17) is 22.1 Å². The Labute approximate surface area is 177 Å². The highest BCUT2D eigenvalue weighted by Gasteiger charge is 2.19. The fraction of sp³-hybridized carbons (Fsp3) is 0.391. The minimum Gasteiger partial charge on any atom is -0.497 e. The van der Waals surface area contributed by atoms with Crippen LogP contribution in [0.3, 0.4) is 0 Å². The van der Waals surface area contributed by atoms with E-state index in [0.717, 1.165) is 48.0 Å². The number of nitrogens with zero attached hydrogens (tertiary/aromatic N) is 4. The lowest BCUT2D eigenvalue weighted by molar-refractivity contribution is 0.188.